The number of carbonyl (C=O) groups is 2. The first-order valence-electron chi connectivity index (χ1n) is 9.32. The highest BCUT2D eigenvalue weighted by molar-refractivity contribution is 5.80. The highest BCUT2D eigenvalue weighted by Crippen LogP contribution is 2.30. The van der Waals surface area contributed by atoms with E-state index >= 15 is 0 Å². The number of benzene rings is 1. The standard InChI is InChI=1S/C21H26N2O4/c1-26-18-5-2-4-16(14-18)15-21(11-8-20(25)23-21)10-7-19(24)22-12-9-17-6-3-13-27-17/h2-6,13-14H,7-12,15H2,1H3,(H,22,24)(H,23,25). The van der Waals surface area contributed by atoms with Crippen molar-refractivity contribution >= 4 is 11.8 Å². The van der Waals surface area contributed by atoms with E-state index in [1.165, 1.54) is 0 Å². The predicted octanol–water partition coefficient (Wildman–Crippen LogP) is 2.62. The molecule has 2 amide bonds. The highest BCUT2D eigenvalue weighted by atomic mass is 16.5. The number of methoxy groups -OCH3 is 1. The van der Waals surface area contributed by atoms with Crippen LogP contribution in [0.4, 0.5) is 0 Å². The monoisotopic (exact) mass is 370 g/mol. The van der Waals surface area contributed by atoms with E-state index in [0.29, 0.717) is 38.6 Å². The molecule has 2 aromatic rings. The Morgan fingerprint density at radius 3 is 2.93 bits per heavy atom. The fraction of sp³-hybridized carbons (Fsp3) is 0.429. The van der Waals surface area contributed by atoms with Crippen LogP contribution in [-0.4, -0.2) is 31.0 Å². The number of nitrogens with one attached hydrogen (secondary N) is 2. The van der Waals surface area contributed by atoms with Crippen molar-refractivity contribution in [3.63, 3.8) is 0 Å². The van der Waals surface area contributed by atoms with Crippen LogP contribution in [0.3, 0.4) is 0 Å². The summed E-state index contributed by atoms with van der Waals surface area (Å²) >= 11 is 0. The summed E-state index contributed by atoms with van der Waals surface area (Å²) in [6, 6.07) is 11.6. The lowest BCUT2D eigenvalue weighted by molar-refractivity contribution is -0.122. The maximum absolute atomic E-state index is 12.2. The first-order valence-corrected chi connectivity index (χ1v) is 9.32. The lowest BCUT2D eigenvalue weighted by Gasteiger charge is -2.29. The minimum atomic E-state index is -0.373. The molecule has 3 rings (SSSR count). The van der Waals surface area contributed by atoms with Gasteiger partial charge in [-0.2, -0.15) is 0 Å². The molecule has 6 heteroatoms. The van der Waals surface area contributed by atoms with E-state index in [9.17, 15) is 9.59 Å². The van der Waals surface area contributed by atoms with Gasteiger partial charge in [0.1, 0.15) is 11.5 Å². The number of rotatable bonds is 9. The van der Waals surface area contributed by atoms with Crippen molar-refractivity contribution in [2.24, 2.45) is 0 Å². The number of hydrogen-bond acceptors (Lipinski definition) is 4. The minimum Gasteiger partial charge on any atom is -0.497 e. The molecule has 0 aliphatic carbocycles. The van der Waals surface area contributed by atoms with Crippen LogP contribution in [0.25, 0.3) is 0 Å². The van der Waals surface area contributed by atoms with Gasteiger partial charge in [0, 0.05) is 31.3 Å². The number of amides is 2. The molecule has 0 bridgehead atoms. The molecule has 0 radical (unpaired) electrons. The van der Waals surface area contributed by atoms with Gasteiger partial charge in [-0.1, -0.05) is 12.1 Å². The molecule has 1 aliphatic rings. The second kappa shape index (κ2) is 8.75. The SMILES string of the molecule is COc1cccc(CC2(CCC(=O)NCCc3ccco3)CCC(=O)N2)c1. The first-order chi connectivity index (χ1) is 13.1. The Labute approximate surface area is 159 Å². The summed E-state index contributed by atoms with van der Waals surface area (Å²) in [7, 11) is 1.64. The predicted molar refractivity (Wildman–Crippen MR) is 101 cm³/mol. The molecule has 2 heterocycles. The summed E-state index contributed by atoms with van der Waals surface area (Å²) in [5.41, 5.74) is 0.719. The van der Waals surface area contributed by atoms with Crippen LogP contribution < -0.4 is 15.4 Å². The van der Waals surface area contributed by atoms with Crippen molar-refractivity contribution in [3.05, 3.63) is 54.0 Å². The molecule has 1 aromatic carbocycles. The Balaban J connectivity index is 1.54. The molecule has 1 aliphatic heterocycles. The normalized spacial score (nSPS) is 18.9. The largest absolute Gasteiger partial charge is 0.497 e. The third-order valence-electron chi connectivity index (χ3n) is 5.02. The van der Waals surface area contributed by atoms with Crippen LogP contribution in [-0.2, 0) is 22.4 Å². The van der Waals surface area contributed by atoms with Crippen LogP contribution in [0.1, 0.15) is 37.0 Å². The lowest BCUT2D eigenvalue weighted by atomic mass is 9.85. The Morgan fingerprint density at radius 2 is 2.22 bits per heavy atom. The van der Waals surface area contributed by atoms with Gasteiger partial charge < -0.3 is 19.8 Å². The van der Waals surface area contributed by atoms with Gasteiger partial charge in [0.15, 0.2) is 0 Å². The molecule has 1 saturated heterocycles. The number of carbonyl (C=O) groups excluding carboxylic acids is 2. The second-order valence-corrected chi connectivity index (χ2v) is 7.04. The maximum atomic E-state index is 12.2. The van der Waals surface area contributed by atoms with E-state index in [0.717, 1.165) is 23.5 Å². The van der Waals surface area contributed by atoms with Gasteiger partial charge in [-0.3, -0.25) is 9.59 Å². The van der Waals surface area contributed by atoms with Crippen LogP contribution in [0, 0.1) is 0 Å². The molecule has 144 valence electrons. The zero-order valence-electron chi connectivity index (χ0n) is 15.6. The Hall–Kier alpha value is -2.76. The molecule has 2 N–H and O–H groups in total. The van der Waals surface area contributed by atoms with Crippen molar-refractivity contribution in [1.29, 1.82) is 0 Å². The molecule has 6 nitrogen and oxygen atoms in total. The third-order valence-corrected chi connectivity index (χ3v) is 5.02. The summed E-state index contributed by atoms with van der Waals surface area (Å²) in [5, 5.41) is 6.04. The van der Waals surface area contributed by atoms with Gasteiger partial charge in [0.25, 0.3) is 0 Å². The fourth-order valence-electron chi connectivity index (χ4n) is 3.58. The van der Waals surface area contributed by atoms with Crippen LogP contribution in [0.5, 0.6) is 5.75 Å². The van der Waals surface area contributed by atoms with Gasteiger partial charge in [-0.05, 0) is 49.1 Å². The highest BCUT2D eigenvalue weighted by Gasteiger charge is 2.37. The maximum Gasteiger partial charge on any atom is 0.220 e. The van der Waals surface area contributed by atoms with E-state index < -0.39 is 0 Å². The van der Waals surface area contributed by atoms with Gasteiger partial charge >= 0.3 is 0 Å². The molecule has 0 saturated carbocycles. The summed E-state index contributed by atoms with van der Waals surface area (Å²) in [6.45, 7) is 0.543. The molecule has 0 spiro atoms. The van der Waals surface area contributed by atoms with Gasteiger partial charge in [0.05, 0.1) is 13.4 Å². The van der Waals surface area contributed by atoms with E-state index in [4.69, 9.17) is 9.15 Å². The number of furan rings is 1. The van der Waals surface area contributed by atoms with E-state index in [1.807, 2.05) is 36.4 Å². The summed E-state index contributed by atoms with van der Waals surface area (Å²) in [6.07, 6.45) is 5.22. The average Bonchev–Trinajstić information content (AvgIpc) is 3.31. The molecule has 27 heavy (non-hydrogen) atoms. The minimum absolute atomic E-state index is 0.00674. The van der Waals surface area contributed by atoms with E-state index in [1.54, 1.807) is 13.4 Å². The summed E-state index contributed by atoms with van der Waals surface area (Å²) in [4.78, 5) is 24.1. The third kappa shape index (κ3) is 5.36. The number of ether oxygens (including phenoxy) is 1. The zero-order chi connectivity index (χ0) is 19.1. The lowest BCUT2D eigenvalue weighted by Crippen LogP contribution is -2.44. The summed E-state index contributed by atoms with van der Waals surface area (Å²) in [5.74, 6) is 1.69. The molecule has 1 aromatic heterocycles. The molecular formula is C21H26N2O4. The Bertz CT molecular complexity index is 772. The quantitative estimate of drug-likeness (QED) is 0.711. The van der Waals surface area contributed by atoms with E-state index in [-0.39, 0.29) is 17.4 Å². The molecule has 1 fully saturated rings. The fourth-order valence-corrected chi connectivity index (χ4v) is 3.58. The molecular weight excluding hydrogens is 344 g/mol. The average molecular weight is 370 g/mol. The van der Waals surface area contributed by atoms with Crippen molar-refractivity contribution in [1.82, 2.24) is 10.6 Å². The summed E-state index contributed by atoms with van der Waals surface area (Å²) < 4.78 is 10.5. The smallest absolute Gasteiger partial charge is 0.220 e. The Morgan fingerprint density at radius 1 is 1.33 bits per heavy atom. The molecule has 1 atom stereocenters. The number of hydrogen-bond donors (Lipinski definition) is 2. The first kappa shape index (κ1) is 19.0. The van der Waals surface area contributed by atoms with E-state index in [2.05, 4.69) is 10.6 Å². The van der Waals surface area contributed by atoms with Crippen molar-refractivity contribution in [3.8, 4) is 5.75 Å². The van der Waals surface area contributed by atoms with Crippen LogP contribution >= 0.6 is 0 Å². The van der Waals surface area contributed by atoms with Crippen molar-refractivity contribution in [2.75, 3.05) is 13.7 Å². The van der Waals surface area contributed by atoms with Gasteiger partial charge in [-0.25, -0.2) is 0 Å². The zero-order valence-corrected chi connectivity index (χ0v) is 15.6. The Kier molecular flexibility index (Phi) is 6.16. The molecule has 1 unspecified atom stereocenters. The van der Waals surface area contributed by atoms with Gasteiger partial charge in [-0.15, -0.1) is 0 Å². The second-order valence-electron chi connectivity index (χ2n) is 7.04. The van der Waals surface area contributed by atoms with Gasteiger partial charge in [0.2, 0.25) is 11.8 Å². The topological polar surface area (TPSA) is 80.6 Å². The van der Waals surface area contributed by atoms with Crippen molar-refractivity contribution < 1.29 is 18.7 Å². The van der Waals surface area contributed by atoms with Crippen LogP contribution in [0.15, 0.2) is 47.1 Å². The van der Waals surface area contributed by atoms with Crippen molar-refractivity contribution in [2.45, 2.75) is 44.1 Å². The van der Waals surface area contributed by atoms with Crippen LogP contribution in [0.2, 0.25) is 0 Å².